The van der Waals surface area contributed by atoms with Crippen LogP contribution in [-0.2, 0) is 0 Å². The van der Waals surface area contributed by atoms with E-state index in [1.807, 2.05) is 24.3 Å². The number of pyridine rings is 1. The van der Waals surface area contributed by atoms with Crippen LogP contribution in [0.3, 0.4) is 0 Å². The van der Waals surface area contributed by atoms with Crippen molar-refractivity contribution in [2.75, 3.05) is 5.32 Å². The maximum Gasteiger partial charge on any atom is 0.354 e. The van der Waals surface area contributed by atoms with Crippen LogP contribution in [0, 0.1) is 0 Å². The minimum absolute atomic E-state index is 0.0343. The molecule has 2 N–H and O–H groups in total. The summed E-state index contributed by atoms with van der Waals surface area (Å²) < 4.78 is 0. The van der Waals surface area contributed by atoms with Crippen molar-refractivity contribution in [1.82, 2.24) is 4.98 Å². The number of nitrogens with one attached hydrogen (secondary N) is 1. The highest BCUT2D eigenvalue weighted by atomic mass is 16.4. The van der Waals surface area contributed by atoms with Gasteiger partial charge in [0, 0.05) is 5.69 Å². The van der Waals surface area contributed by atoms with E-state index in [9.17, 15) is 4.79 Å². The number of nitrogens with zero attached hydrogens (tertiary/aromatic N) is 1. The number of carboxylic acid groups (broad SMARTS) is 1. The van der Waals surface area contributed by atoms with Gasteiger partial charge >= 0.3 is 5.97 Å². The number of rotatable bonds is 4. The molecule has 98 valence electrons. The van der Waals surface area contributed by atoms with E-state index in [1.165, 1.54) is 11.6 Å². The molecule has 0 radical (unpaired) electrons. The lowest BCUT2D eigenvalue weighted by Crippen LogP contribution is -2.04. The van der Waals surface area contributed by atoms with Crippen LogP contribution < -0.4 is 5.32 Å². The van der Waals surface area contributed by atoms with E-state index in [0.717, 1.165) is 5.69 Å². The Hall–Kier alpha value is -2.36. The zero-order chi connectivity index (χ0) is 13.8. The van der Waals surface area contributed by atoms with E-state index in [2.05, 4.69) is 24.1 Å². The van der Waals surface area contributed by atoms with E-state index in [-0.39, 0.29) is 5.69 Å². The Morgan fingerprint density at radius 2 is 1.89 bits per heavy atom. The lowest BCUT2D eigenvalue weighted by Gasteiger charge is -2.14. The van der Waals surface area contributed by atoms with Gasteiger partial charge in [0.25, 0.3) is 0 Å². The summed E-state index contributed by atoms with van der Waals surface area (Å²) in [6.07, 6.45) is 0. The quantitative estimate of drug-likeness (QED) is 0.876. The zero-order valence-corrected chi connectivity index (χ0v) is 10.9. The molecule has 2 rings (SSSR count). The molecule has 2 aromatic rings. The summed E-state index contributed by atoms with van der Waals surface area (Å²) in [5.74, 6) is -0.111. The molecule has 0 unspecified atom stereocenters. The van der Waals surface area contributed by atoms with Crippen LogP contribution in [0.2, 0.25) is 0 Å². The van der Waals surface area contributed by atoms with Crippen molar-refractivity contribution in [3.8, 4) is 0 Å². The van der Waals surface area contributed by atoms with E-state index < -0.39 is 5.97 Å². The number of benzene rings is 1. The van der Waals surface area contributed by atoms with Gasteiger partial charge < -0.3 is 10.4 Å². The van der Waals surface area contributed by atoms with Crippen molar-refractivity contribution in [3.05, 3.63) is 53.7 Å². The third-order valence-corrected chi connectivity index (χ3v) is 2.81. The van der Waals surface area contributed by atoms with Gasteiger partial charge in [-0.2, -0.15) is 0 Å². The van der Waals surface area contributed by atoms with Crippen molar-refractivity contribution >= 4 is 17.5 Å². The van der Waals surface area contributed by atoms with Gasteiger partial charge in [-0.3, -0.25) is 0 Å². The first-order valence-corrected chi connectivity index (χ1v) is 6.14. The van der Waals surface area contributed by atoms with Crippen molar-refractivity contribution < 1.29 is 9.90 Å². The molecule has 0 fully saturated rings. The van der Waals surface area contributed by atoms with E-state index >= 15 is 0 Å². The number of carboxylic acids is 1. The third-order valence-electron chi connectivity index (χ3n) is 2.81. The molecule has 0 aliphatic heterocycles. The summed E-state index contributed by atoms with van der Waals surface area (Å²) in [6.45, 7) is 4.23. The van der Waals surface area contributed by atoms with Gasteiger partial charge in [-0.25, -0.2) is 9.78 Å². The normalized spacial score (nSPS) is 10.5. The van der Waals surface area contributed by atoms with Gasteiger partial charge in [0.1, 0.15) is 5.82 Å². The van der Waals surface area contributed by atoms with Crippen molar-refractivity contribution in [2.24, 2.45) is 0 Å². The highest BCUT2D eigenvalue weighted by Gasteiger charge is 2.08. The monoisotopic (exact) mass is 256 g/mol. The maximum absolute atomic E-state index is 10.9. The SMILES string of the molecule is CC(C)c1ccccc1Nc1cccc(C(=O)O)n1. The summed E-state index contributed by atoms with van der Waals surface area (Å²) in [7, 11) is 0. The summed E-state index contributed by atoms with van der Waals surface area (Å²) in [5, 5.41) is 12.1. The second-order valence-corrected chi connectivity index (χ2v) is 4.58. The molecular formula is C15H16N2O2. The number of carbonyl (C=O) groups is 1. The Morgan fingerprint density at radius 1 is 1.16 bits per heavy atom. The number of aromatic nitrogens is 1. The predicted octanol–water partition coefficient (Wildman–Crippen LogP) is 3.65. The number of anilines is 2. The Labute approximate surface area is 112 Å². The second kappa shape index (κ2) is 5.52. The fraction of sp³-hybridized carbons (Fsp3) is 0.200. The van der Waals surface area contributed by atoms with Crippen LogP contribution >= 0.6 is 0 Å². The van der Waals surface area contributed by atoms with Crippen molar-refractivity contribution in [3.63, 3.8) is 0 Å². The Bertz CT molecular complexity index is 594. The van der Waals surface area contributed by atoms with E-state index in [4.69, 9.17) is 5.11 Å². The molecule has 4 heteroatoms. The molecule has 0 amide bonds. The van der Waals surface area contributed by atoms with Gasteiger partial charge in [-0.1, -0.05) is 38.1 Å². The first-order valence-electron chi connectivity index (χ1n) is 6.14. The molecule has 4 nitrogen and oxygen atoms in total. The van der Waals surface area contributed by atoms with Gasteiger partial charge in [-0.15, -0.1) is 0 Å². The molecule has 0 aliphatic rings. The molecule has 0 saturated heterocycles. The lowest BCUT2D eigenvalue weighted by molar-refractivity contribution is 0.0690. The molecule has 0 saturated carbocycles. The molecule has 0 bridgehead atoms. The smallest absolute Gasteiger partial charge is 0.354 e. The Morgan fingerprint density at radius 3 is 2.58 bits per heavy atom. The van der Waals surface area contributed by atoms with Crippen molar-refractivity contribution in [1.29, 1.82) is 0 Å². The molecule has 1 aromatic carbocycles. The summed E-state index contributed by atoms with van der Waals surface area (Å²) in [5.41, 5.74) is 2.16. The fourth-order valence-corrected chi connectivity index (χ4v) is 1.88. The van der Waals surface area contributed by atoms with E-state index in [1.54, 1.807) is 12.1 Å². The number of hydrogen-bond acceptors (Lipinski definition) is 3. The summed E-state index contributed by atoms with van der Waals surface area (Å²) in [4.78, 5) is 14.9. The number of aromatic carboxylic acids is 1. The summed E-state index contributed by atoms with van der Waals surface area (Å²) >= 11 is 0. The highest BCUT2D eigenvalue weighted by molar-refractivity contribution is 5.85. The van der Waals surface area contributed by atoms with Crippen LogP contribution in [0.5, 0.6) is 0 Å². The first kappa shape index (κ1) is 13.1. The maximum atomic E-state index is 10.9. The minimum Gasteiger partial charge on any atom is -0.477 e. The average Bonchev–Trinajstić information content (AvgIpc) is 2.39. The third kappa shape index (κ3) is 3.10. The number of para-hydroxylation sites is 1. The standard InChI is InChI=1S/C15H16N2O2/c1-10(2)11-6-3-4-7-12(11)16-14-9-5-8-13(17-14)15(18)19/h3-10H,1-2H3,(H,16,17)(H,18,19). The van der Waals surface area contributed by atoms with Crippen LogP contribution in [0.15, 0.2) is 42.5 Å². The van der Waals surface area contributed by atoms with Crippen LogP contribution in [0.1, 0.15) is 35.8 Å². The van der Waals surface area contributed by atoms with Crippen LogP contribution in [0.4, 0.5) is 11.5 Å². The first-order chi connectivity index (χ1) is 9.08. The fourth-order valence-electron chi connectivity index (χ4n) is 1.88. The van der Waals surface area contributed by atoms with Crippen molar-refractivity contribution in [2.45, 2.75) is 19.8 Å². The average molecular weight is 256 g/mol. The molecule has 19 heavy (non-hydrogen) atoms. The zero-order valence-electron chi connectivity index (χ0n) is 10.9. The topological polar surface area (TPSA) is 62.2 Å². The number of hydrogen-bond donors (Lipinski definition) is 2. The van der Waals surface area contributed by atoms with E-state index in [0.29, 0.717) is 11.7 Å². The van der Waals surface area contributed by atoms with Gasteiger partial charge in [0.2, 0.25) is 0 Å². The van der Waals surface area contributed by atoms with Crippen LogP contribution in [-0.4, -0.2) is 16.1 Å². The second-order valence-electron chi connectivity index (χ2n) is 4.58. The molecule has 0 aliphatic carbocycles. The molecule has 0 spiro atoms. The lowest BCUT2D eigenvalue weighted by atomic mass is 10.0. The highest BCUT2D eigenvalue weighted by Crippen LogP contribution is 2.26. The van der Waals surface area contributed by atoms with Gasteiger partial charge in [0.05, 0.1) is 0 Å². The Kier molecular flexibility index (Phi) is 3.80. The predicted molar refractivity (Wildman–Crippen MR) is 75.0 cm³/mol. The largest absolute Gasteiger partial charge is 0.477 e. The van der Waals surface area contributed by atoms with Gasteiger partial charge in [0.15, 0.2) is 5.69 Å². The van der Waals surface area contributed by atoms with Gasteiger partial charge in [-0.05, 0) is 29.7 Å². The van der Waals surface area contributed by atoms with Crippen LogP contribution in [0.25, 0.3) is 0 Å². The summed E-state index contributed by atoms with van der Waals surface area (Å²) in [6, 6.07) is 12.8. The Balaban J connectivity index is 2.31. The molecular weight excluding hydrogens is 240 g/mol. The molecule has 1 aromatic heterocycles. The molecule has 1 heterocycles. The minimum atomic E-state index is -1.03. The molecule has 0 atom stereocenters.